The molecule has 2 aromatic heterocycles. The average Bonchev–Trinajstić information content (AvgIpc) is 3.23. The van der Waals surface area contributed by atoms with Crippen LogP contribution in [0.25, 0.3) is 20.3 Å². The van der Waals surface area contributed by atoms with Crippen LogP contribution in [0.2, 0.25) is 0 Å². The monoisotopic (exact) mass is 462 g/mol. The molecule has 0 bridgehead atoms. The van der Waals surface area contributed by atoms with Crippen LogP contribution in [0, 0.1) is 11.7 Å². The van der Waals surface area contributed by atoms with Crippen LogP contribution in [0.4, 0.5) is 10.2 Å². The smallest absolute Gasteiger partial charge is 0.223 e. The first-order valence-electron chi connectivity index (χ1n) is 11.5. The van der Waals surface area contributed by atoms with Crippen LogP contribution in [0.3, 0.4) is 0 Å². The number of carbonyl (C=O) groups is 1. The van der Waals surface area contributed by atoms with Crippen LogP contribution < -0.4 is 10.2 Å². The van der Waals surface area contributed by atoms with Crippen LogP contribution in [0.1, 0.15) is 31.7 Å². The van der Waals surface area contributed by atoms with Gasteiger partial charge in [0.05, 0.1) is 15.6 Å². The third-order valence-corrected chi connectivity index (χ3v) is 7.61. The molecule has 33 heavy (non-hydrogen) atoms. The van der Waals surface area contributed by atoms with Gasteiger partial charge in [-0.15, -0.1) is 11.3 Å². The molecule has 1 saturated heterocycles. The average molecular weight is 463 g/mol. The topological polar surface area (TPSA) is 58.1 Å². The molecule has 1 fully saturated rings. The molecule has 1 aliphatic rings. The maximum absolute atomic E-state index is 14.4. The maximum atomic E-state index is 14.4. The fourth-order valence-corrected chi connectivity index (χ4v) is 5.79. The Morgan fingerprint density at radius 2 is 1.94 bits per heavy atom. The number of carbonyl (C=O) groups excluding carboxylic acids is 1. The van der Waals surface area contributed by atoms with Crippen molar-refractivity contribution in [3.63, 3.8) is 0 Å². The lowest BCUT2D eigenvalue weighted by molar-refractivity contribution is -0.126. The van der Waals surface area contributed by atoms with Crippen LogP contribution in [-0.2, 0) is 11.2 Å². The standard InChI is InChI=1S/C26H27FN4OS/c1-17(10-11-18-6-3-2-4-7-18)30-26(32)19-12-14-31(15-13-19)25-24-23(28-16-29-25)22-20(27)8-5-9-21(22)33-24/h2-9,16-17,19H,10-15H2,1H3,(H,30,32)/t17-/m0/s1. The Hall–Kier alpha value is -3.06. The predicted octanol–water partition coefficient (Wildman–Crippen LogP) is 5.34. The number of nitrogens with one attached hydrogen (secondary N) is 1. The molecule has 0 aliphatic carbocycles. The Kier molecular flexibility index (Phi) is 6.22. The third kappa shape index (κ3) is 4.55. The first kappa shape index (κ1) is 21.8. The summed E-state index contributed by atoms with van der Waals surface area (Å²) >= 11 is 1.53. The minimum absolute atomic E-state index is 0.0117. The number of anilines is 1. The van der Waals surface area contributed by atoms with Gasteiger partial charge in [0.25, 0.3) is 0 Å². The maximum Gasteiger partial charge on any atom is 0.223 e. The zero-order valence-electron chi connectivity index (χ0n) is 18.6. The Labute approximate surface area is 196 Å². The van der Waals surface area contributed by atoms with Crippen molar-refractivity contribution in [3.8, 4) is 0 Å². The fourth-order valence-electron chi connectivity index (χ4n) is 4.61. The van der Waals surface area contributed by atoms with E-state index in [1.54, 1.807) is 6.07 Å². The lowest BCUT2D eigenvalue weighted by Crippen LogP contribution is -2.43. The molecule has 1 amide bonds. The van der Waals surface area contributed by atoms with E-state index in [0.29, 0.717) is 10.9 Å². The number of fused-ring (bicyclic) bond motifs is 3. The minimum Gasteiger partial charge on any atom is -0.355 e. The number of piperidine rings is 1. The highest BCUT2D eigenvalue weighted by Gasteiger charge is 2.28. The molecule has 1 N–H and O–H groups in total. The molecular weight excluding hydrogens is 435 g/mol. The van der Waals surface area contributed by atoms with E-state index in [9.17, 15) is 9.18 Å². The summed E-state index contributed by atoms with van der Waals surface area (Å²) in [6, 6.07) is 15.6. The molecule has 2 aromatic carbocycles. The summed E-state index contributed by atoms with van der Waals surface area (Å²) in [6.07, 6.45) is 4.96. The summed E-state index contributed by atoms with van der Waals surface area (Å²) < 4.78 is 16.2. The highest BCUT2D eigenvalue weighted by molar-refractivity contribution is 7.26. The van der Waals surface area contributed by atoms with Crippen molar-refractivity contribution in [1.29, 1.82) is 0 Å². The quantitative estimate of drug-likeness (QED) is 0.420. The van der Waals surface area contributed by atoms with E-state index >= 15 is 0 Å². The zero-order chi connectivity index (χ0) is 22.8. The Balaban J connectivity index is 1.21. The van der Waals surface area contributed by atoms with Gasteiger partial charge in [0.1, 0.15) is 18.0 Å². The molecule has 0 saturated carbocycles. The van der Waals surface area contributed by atoms with E-state index in [2.05, 4.69) is 39.2 Å². The van der Waals surface area contributed by atoms with Crippen molar-refractivity contribution in [2.45, 2.75) is 38.6 Å². The number of aromatic nitrogens is 2. The summed E-state index contributed by atoms with van der Waals surface area (Å²) in [5.74, 6) is 0.750. The molecule has 4 aromatic rings. The van der Waals surface area contributed by atoms with E-state index < -0.39 is 0 Å². The van der Waals surface area contributed by atoms with Gasteiger partial charge in [-0.1, -0.05) is 36.4 Å². The van der Waals surface area contributed by atoms with Crippen LogP contribution in [0.5, 0.6) is 0 Å². The first-order valence-corrected chi connectivity index (χ1v) is 12.3. The molecule has 0 unspecified atom stereocenters. The second kappa shape index (κ2) is 9.43. The summed E-state index contributed by atoms with van der Waals surface area (Å²) in [5.41, 5.74) is 1.97. The number of hydrogen-bond acceptors (Lipinski definition) is 5. The molecule has 0 radical (unpaired) electrons. The van der Waals surface area contributed by atoms with Crippen molar-refractivity contribution >= 4 is 43.4 Å². The van der Waals surface area contributed by atoms with Crippen molar-refractivity contribution in [2.24, 2.45) is 5.92 Å². The number of halogens is 1. The van der Waals surface area contributed by atoms with Crippen LogP contribution in [-0.4, -0.2) is 35.0 Å². The Bertz CT molecular complexity index is 1270. The van der Waals surface area contributed by atoms with Gasteiger partial charge in [-0.3, -0.25) is 4.79 Å². The predicted molar refractivity (Wildman–Crippen MR) is 132 cm³/mol. The Morgan fingerprint density at radius 3 is 2.73 bits per heavy atom. The SMILES string of the molecule is C[C@@H](CCc1ccccc1)NC(=O)C1CCN(c2ncnc3c2sc2cccc(F)c23)CC1. The third-order valence-electron chi connectivity index (χ3n) is 6.47. The van der Waals surface area contributed by atoms with E-state index in [4.69, 9.17) is 0 Å². The molecule has 1 aliphatic heterocycles. The van der Waals surface area contributed by atoms with E-state index in [1.807, 2.05) is 24.3 Å². The highest BCUT2D eigenvalue weighted by atomic mass is 32.1. The van der Waals surface area contributed by atoms with Gasteiger partial charge in [0, 0.05) is 29.7 Å². The number of hydrogen-bond donors (Lipinski definition) is 1. The normalized spacial score (nSPS) is 15.8. The van der Waals surface area contributed by atoms with Gasteiger partial charge in [0.2, 0.25) is 5.91 Å². The van der Waals surface area contributed by atoms with Gasteiger partial charge < -0.3 is 10.2 Å². The summed E-state index contributed by atoms with van der Waals surface area (Å²) in [4.78, 5) is 23.9. The Morgan fingerprint density at radius 1 is 1.15 bits per heavy atom. The molecule has 3 heterocycles. The molecule has 5 nitrogen and oxygen atoms in total. The van der Waals surface area contributed by atoms with E-state index in [0.717, 1.165) is 54.0 Å². The number of amides is 1. The van der Waals surface area contributed by atoms with Crippen LogP contribution in [0.15, 0.2) is 54.9 Å². The van der Waals surface area contributed by atoms with Crippen molar-refractivity contribution in [3.05, 3.63) is 66.2 Å². The van der Waals surface area contributed by atoms with Crippen LogP contribution >= 0.6 is 11.3 Å². The van der Waals surface area contributed by atoms with Crippen molar-refractivity contribution in [1.82, 2.24) is 15.3 Å². The lowest BCUT2D eigenvalue weighted by atomic mass is 9.95. The van der Waals surface area contributed by atoms with Gasteiger partial charge in [-0.25, -0.2) is 14.4 Å². The molecular formula is C26H27FN4OS. The number of thiophene rings is 1. The van der Waals surface area contributed by atoms with Crippen molar-refractivity contribution in [2.75, 3.05) is 18.0 Å². The van der Waals surface area contributed by atoms with E-state index in [-0.39, 0.29) is 23.7 Å². The van der Waals surface area contributed by atoms with E-state index in [1.165, 1.54) is 29.3 Å². The van der Waals surface area contributed by atoms with Gasteiger partial charge in [-0.05, 0) is 50.3 Å². The van der Waals surface area contributed by atoms with Gasteiger partial charge in [-0.2, -0.15) is 0 Å². The minimum atomic E-state index is -0.250. The number of nitrogens with zero attached hydrogens (tertiary/aromatic N) is 3. The molecule has 7 heteroatoms. The number of aryl methyl sites for hydroxylation is 1. The number of benzene rings is 2. The van der Waals surface area contributed by atoms with Gasteiger partial charge >= 0.3 is 0 Å². The first-order chi connectivity index (χ1) is 16.1. The van der Waals surface area contributed by atoms with Crippen molar-refractivity contribution < 1.29 is 9.18 Å². The second-order valence-corrected chi connectivity index (χ2v) is 9.84. The molecule has 5 rings (SSSR count). The summed E-state index contributed by atoms with van der Waals surface area (Å²) in [6.45, 7) is 3.58. The summed E-state index contributed by atoms with van der Waals surface area (Å²) in [5, 5.41) is 3.77. The number of rotatable bonds is 6. The van der Waals surface area contributed by atoms with Gasteiger partial charge in [0.15, 0.2) is 0 Å². The molecule has 170 valence electrons. The second-order valence-electron chi connectivity index (χ2n) is 8.79. The molecule has 0 spiro atoms. The lowest BCUT2D eigenvalue weighted by Gasteiger charge is -2.32. The summed E-state index contributed by atoms with van der Waals surface area (Å²) in [7, 11) is 0. The fraction of sp³-hybridized carbons (Fsp3) is 0.346. The zero-order valence-corrected chi connectivity index (χ0v) is 19.4. The molecule has 1 atom stereocenters. The largest absolute Gasteiger partial charge is 0.355 e. The highest BCUT2D eigenvalue weighted by Crippen LogP contribution is 2.39.